The maximum absolute atomic E-state index is 15.3. The molecule has 1 rings (SSSR count). The van der Waals surface area contributed by atoms with Crippen LogP contribution in [0.5, 0.6) is 0 Å². The van der Waals surface area contributed by atoms with Crippen molar-refractivity contribution < 1.29 is 171 Å². The molecule has 0 atom stereocenters. The Morgan fingerprint density at radius 2 is 0.592 bits per heavy atom. The van der Waals surface area contributed by atoms with Crippen LogP contribution < -0.4 is 8.90 Å². The molecule has 0 aliphatic carbocycles. The van der Waals surface area contributed by atoms with E-state index in [1.807, 2.05) is 0 Å². The monoisotopic (exact) mass is 1320 g/mol. The van der Waals surface area contributed by atoms with Crippen LogP contribution in [0.25, 0.3) is 0 Å². The Balaban J connectivity index is 4.61. The molecule has 1 N–H and O–H groups in total. The van der Waals surface area contributed by atoms with E-state index in [0.717, 1.165) is 0 Å². The van der Waals surface area contributed by atoms with E-state index in [4.69, 9.17) is 0 Å². The summed E-state index contributed by atoms with van der Waals surface area (Å²) in [7, 11) is 0. The fourth-order valence-corrected chi connectivity index (χ4v) is 20.5. The molecule has 450 valence electrons. The molecular weight excluding hydrogens is 1290 g/mol. The molecule has 0 saturated heterocycles. The molecule has 76 heavy (non-hydrogen) atoms. The number of halogens is 39. The van der Waals surface area contributed by atoms with Crippen LogP contribution in [0, 0.1) is 0 Å². The van der Waals surface area contributed by atoms with E-state index in [-0.39, 0.29) is 37.6 Å². The van der Waals surface area contributed by atoms with Gasteiger partial charge in [0.25, 0.3) is 0 Å². The molecule has 0 unspecified atom stereocenters. The van der Waals surface area contributed by atoms with Gasteiger partial charge < -0.3 is 0 Å². The van der Waals surface area contributed by atoms with Crippen LogP contribution in [0.3, 0.4) is 0 Å². The second-order valence-electron chi connectivity index (χ2n) is 16.5. The van der Waals surface area contributed by atoms with Gasteiger partial charge in [0.2, 0.25) is 0 Å². The standard InChI is InChI=1S/C11H16N.3C8H4F13.Sn/c1-2-3-9-12-10-11-7-5-4-6-8-11;3*1-2-3(9,10)4(11,12)5(13,14)6(15,16)7(17,18)8(19,20)21;/h4-5,7-8,12H,2-3,9-10H2,1H3;3*1-2H2;. The molecule has 0 aliphatic heterocycles. The second-order valence-corrected chi connectivity index (χ2v) is 29.7. The molecule has 0 aromatic heterocycles. The molecule has 0 saturated carbocycles. The van der Waals surface area contributed by atoms with Crippen LogP contribution in [-0.2, 0) is 6.54 Å². The maximum atomic E-state index is 15.3. The average Bonchev–Trinajstić information content (AvgIpc) is 3.23. The van der Waals surface area contributed by atoms with Crippen LogP contribution in [0.4, 0.5) is 171 Å². The molecule has 41 heteroatoms. The first kappa shape index (κ1) is 71.3. The van der Waals surface area contributed by atoms with Crippen LogP contribution in [0.2, 0.25) is 13.3 Å². The third-order valence-electron chi connectivity index (χ3n) is 11.3. The number of hydrogen-bond acceptors (Lipinski definition) is 1. The van der Waals surface area contributed by atoms with E-state index in [1.54, 1.807) is 0 Å². The number of nitrogens with one attached hydrogen (secondary N) is 1. The van der Waals surface area contributed by atoms with Gasteiger partial charge in [-0.15, -0.1) is 0 Å². The Morgan fingerprint density at radius 3 is 0.829 bits per heavy atom. The van der Waals surface area contributed by atoms with Crippen molar-refractivity contribution in [2.75, 3.05) is 6.54 Å². The Kier molecular flexibility index (Phi) is 19.7. The van der Waals surface area contributed by atoms with Crippen molar-refractivity contribution in [2.24, 2.45) is 0 Å². The van der Waals surface area contributed by atoms with Crippen LogP contribution >= 0.6 is 0 Å². The van der Waals surface area contributed by atoms with E-state index in [1.165, 1.54) is 6.92 Å². The normalized spacial score (nSPS) is 16.2. The van der Waals surface area contributed by atoms with Gasteiger partial charge in [-0.2, -0.15) is 0 Å². The van der Waals surface area contributed by atoms with Crippen molar-refractivity contribution in [1.82, 2.24) is 5.32 Å². The second kappa shape index (κ2) is 21.0. The van der Waals surface area contributed by atoms with Gasteiger partial charge in [-0.05, 0) is 0 Å². The first-order chi connectivity index (χ1) is 32.9. The molecule has 0 radical (unpaired) electrons. The average molecular weight is 1320 g/mol. The third-order valence-corrected chi connectivity index (χ3v) is 26.0. The molecule has 1 nitrogen and oxygen atoms in total. The van der Waals surface area contributed by atoms with E-state index < -0.39 is 174 Å². The van der Waals surface area contributed by atoms with Gasteiger partial charge >= 0.3 is 401 Å². The molecule has 1 aromatic carbocycles. The van der Waals surface area contributed by atoms with E-state index >= 15 is 26.3 Å². The summed E-state index contributed by atoms with van der Waals surface area (Å²) in [5.41, 5.74) is -0.748. The van der Waals surface area contributed by atoms with E-state index in [9.17, 15) is 145 Å². The first-order valence-electron chi connectivity index (χ1n) is 19.6. The Bertz CT molecular complexity index is 1910. The van der Waals surface area contributed by atoms with E-state index in [0.29, 0.717) is 6.07 Å². The molecule has 0 fully saturated rings. The summed E-state index contributed by atoms with van der Waals surface area (Å²) in [4.78, 5) is 0. The number of benzene rings is 1. The molecule has 0 amide bonds. The molecule has 1 aromatic rings. The van der Waals surface area contributed by atoms with Gasteiger partial charge in [0.15, 0.2) is 0 Å². The predicted molar refractivity (Wildman–Crippen MR) is 179 cm³/mol. The van der Waals surface area contributed by atoms with Crippen molar-refractivity contribution in [1.29, 1.82) is 0 Å². The number of unbranched alkanes of at least 4 members (excludes halogenated alkanes) is 1. The summed E-state index contributed by atoms with van der Waals surface area (Å²) >= 11 is -8.27. The van der Waals surface area contributed by atoms with Crippen molar-refractivity contribution in [3.05, 3.63) is 29.8 Å². The van der Waals surface area contributed by atoms with Gasteiger partial charge in [0.1, 0.15) is 0 Å². The zero-order chi connectivity index (χ0) is 61.3. The SMILES string of the molecule is CCCCNCc1ccc[c]([Sn]([CH2]CC(F)(F)C(F)(F)C(F)(F)C(F)(F)C(F)(F)C(F)(F)F)([CH2]CC(F)(F)C(F)(F)C(F)(F)C(F)(F)C(F)(F)C(F)(F)F)[CH2]CC(F)(F)C(F)(F)C(F)(F)C(F)(F)C(F)(F)C(F)(F)F)c1. The topological polar surface area (TPSA) is 12.0 Å². The van der Waals surface area contributed by atoms with Crippen molar-refractivity contribution in [2.45, 2.75) is 166 Å². The summed E-state index contributed by atoms with van der Waals surface area (Å²) in [6, 6.07) is 0.758. The number of hydrogen-bond donors (Lipinski definition) is 1. The van der Waals surface area contributed by atoms with Crippen LogP contribution in [-0.4, -0.2) is 132 Å². The van der Waals surface area contributed by atoms with Gasteiger partial charge in [0.05, 0.1) is 0 Å². The van der Waals surface area contributed by atoms with Crippen molar-refractivity contribution >= 4 is 22.0 Å². The molecular formula is C35H28F39NSn. The van der Waals surface area contributed by atoms with Gasteiger partial charge in [-0.1, -0.05) is 0 Å². The predicted octanol–water partition coefficient (Wildman–Crippen LogP) is 16.6. The Hall–Kier alpha value is -2.75. The van der Waals surface area contributed by atoms with Gasteiger partial charge in [-0.3, -0.25) is 0 Å². The fraction of sp³-hybridized carbons (Fsp3) is 0.829. The zero-order valence-electron chi connectivity index (χ0n) is 36.1. The van der Waals surface area contributed by atoms with E-state index in [2.05, 4.69) is 5.32 Å². The first-order valence-corrected chi connectivity index (χ1v) is 27.1. The minimum absolute atomic E-state index is 0.00377. The number of alkyl halides is 39. The minimum atomic E-state index is -8.88. The number of rotatable bonds is 27. The molecule has 0 heterocycles. The third kappa shape index (κ3) is 11.4. The summed E-state index contributed by atoms with van der Waals surface area (Å²) in [5.74, 6) is -128. The summed E-state index contributed by atoms with van der Waals surface area (Å²) in [6.07, 6.45) is -36.1. The van der Waals surface area contributed by atoms with Crippen LogP contribution in [0.15, 0.2) is 24.3 Å². The fourth-order valence-electron chi connectivity index (χ4n) is 6.42. The zero-order valence-corrected chi connectivity index (χ0v) is 39.0. The summed E-state index contributed by atoms with van der Waals surface area (Å²) in [5, 5.41) is 2.35. The molecule has 0 bridgehead atoms. The Labute approximate surface area is 401 Å². The Morgan fingerprint density at radius 1 is 0.342 bits per heavy atom. The van der Waals surface area contributed by atoms with Gasteiger partial charge in [-0.25, -0.2) is 0 Å². The van der Waals surface area contributed by atoms with Crippen molar-refractivity contribution in [3.8, 4) is 0 Å². The van der Waals surface area contributed by atoms with Crippen molar-refractivity contribution in [3.63, 3.8) is 0 Å². The van der Waals surface area contributed by atoms with Crippen LogP contribution in [0.1, 0.15) is 44.6 Å². The molecule has 0 aliphatic rings. The van der Waals surface area contributed by atoms with Gasteiger partial charge in [0, 0.05) is 0 Å². The summed E-state index contributed by atoms with van der Waals surface area (Å²) in [6.45, 7) is 0.327. The molecule has 0 spiro atoms. The summed E-state index contributed by atoms with van der Waals surface area (Å²) < 4.78 is 535. The quantitative estimate of drug-likeness (QED) is 0.0526.